The van der Waals surface area contributed by atoms with Gasteiger partial charge < -0.3 is 20.1 Å². The summed E-state index contributed by atoms with van der Waals surface area (Å²) in [5.41, 5.74) is 1.01. The van der Waals surface area contributed by atoms with Gasteiger partial charge in [0, 0.05) is 44.6 Å². The average Bonchev–Trinajstić information content (AvgIpc) is 3.33. The minimum absolute atomic E-state index is 0.218. The number of aliphatic imine (C=N–C) groups is 1. The van der Waals surface area contributed by atoms with Crippen molar-refractivity contribution in [3.63, 3.8) is 0 Å². The first-order valence-electron chi connectivity index (χ1n) is 9.93. The molecule has 146 valence electrons. The number of hydrogen-bond donors (Lipinski definition) is 2. The van der Waals surface area contributed by atoms with Gasteiger partial charge in [-0.15, -0.1) is 0 Å². The van der Waals surface area contributed by atoms with Crippen molar-refractivity contribution < 1.29 is 9.32 Å². The molecule has 0 saturated carbocycles. The molecule has 0 unspecified atom stereocenters. The van der Waals surface area contributed by atoms with E-state index in [0.29, 0.717) is 31.4 Å². The summed E-state index contributed by atoms with van der Waals surface area (Å²) in [5, 5.41) is 10.6. The van der Waals surface area contributed by atoms with Crippen LogP contribution in [0.15, 0.2) is 15.6 Å². The Morgan fingerprint density at radius 3 is 2.65 bits per heavy atom. The molecule has 0 spiro atoms. The minimum Gasteiger partial charge on any atom is -0.359 e. The van der Waals surface area contributed by atoms with Crippen molar-refractivity contribution in [2.24, 2.45) is 4.99 Å². The Morgan fingerprint density at radius 2 is 2.00 bits per heavy atom. The Kier molecular flexibility index (Phi) is 8.44. The molecule has 2 N–H and O–H groups in total. The van der Waals surface area contributed by atoms with Crippen molar-refractivity contribution in [2.45, 2.75) is 65.3 Å². The van der Waals surface area contributed by atoms with E-state index in [9.17, 15) is 4.79 Å². The number of aromatic nitrogens is 1. The molecule has 1 amide bonds. The summed E-state index contributed by atoms with van der Waals surface area (Å²) in [6, 6.07) is 2.00. The lowest BCUT2D eigenvalue weighted by molar-refractivity contribution is -0.129. The largest absolute Gasteiger partial charge is 0.359 e. The maximum absolute atomic E-state index is 12.1. The lowest BCUT2D eigenvalue weighted by atomic mass is 9.99. The Labute approximate surface area is 156 Å². The van der Waals surface area contributed by atoms with Crippen LogP contribution in [-0.4, -0.2) is 48.1 Å². The smallest absolute Gasteiger partial charge is 0.224 e. The van der Waals surface area contributed by atoms with Crippen LogP contribution in [-0.2, 0) is 11.3 Å². The standard InChI is InChI=1S/C19H33N5O2/c1-4-15(5-2)17-13-16(26-23-17)14-22-19(20-6-3)21-10-9-18(25)24-11-7-8-12-24/h13,15H,4-12,14H2,1-3H3,(H2,20,21,22). The van der Waals surface area contributed by atoms with Crippen LogP contribution < -0.4 is 10.6 Å². The molecule has 2 rings (SSSR count). The highest BCUT2D eigenvalue weighted by Gasteiger charge is 2.17. The average molecular weight is 364 g/mol. The molecular formula is C19H33N5O2. The molecule has 1 aliphatic heterocycles. The molecule has 0 aliphatic carbocycles. The van der Waals surface area contributed by atoms with E-state index < -0.39 is 0 Å². The Morgan fingerprint density at radius 1 is 1.27 bits per heavy atom. The van der Waals surface area contributed by atoms with Gasteiger partial charge in [-0.2, -0.15) is 0 Å². The number of nitrogens with one attached hydrogen (secondary N) is 2. The van der Waals surface area contributed by atoms with E-state index in [0.717, 1.165) is 56.8 Å². The van der Waals surface area contributed by atoms with Gasteiger partial charge in [-0.3, -0.25) is 4.79 Å². The van der Waals surface area contributed by atoms with E-state index in [4.69, 9.17) is 4.52 Å². The number of amides is 1. The normalized spacial score (nSPS) is 14.9. The number of likely N-dealkylation sites (tertiary alicyclic amines) is 1. The predicted octanol–water partition coefficient (Wildman–Crippen LogP) is 2.65. The zero-order valence-electron chi connectivity index (χ0n) is 16.4. The van der Waals surface area contributed by atoms with Crippen molar-refractivity contribution >= 4 is 11.9 Å². The third-order valence-electron chi connectivity index (χ3n) is 4.81. The summed E-state index contributed by atoms with van der Waals surface area (Å²) in [6.07, 6.45) is 4.85. The molecule has 0 aromatic carbocycles. The quantitative estimate of drug-likeness (QED) is 0.521. The van der Waals surface area contributed by atoms with Crippen LogP contribution in [0.25, 0.3) is 0 Å². The van der Waals surface area contributed by atoms with E-state index in [-0.39, 0.29) is 5.91 Å². The van der Waals surface area contributed by atoms with Crippen LogP contribution in [0.1, 0.15) is 70.2 Å². The highest BCUT2D eigenvalue weighted by molar-refractivity contribution is 5.81. The molecule has 2 heterocycles. The number of nitrogens with zero attached hydrogens (tertiary/aromatic N) is 3. The summed E-state index contributed by atoms with van der Waals surface area (Å²) >= 11 is 0. The Bertz CT molecular complexity index is 574. The third-order valence-corrected chi connectivity index (χ3v) is 4.81. The molecule has 7 nitrogen and oxygen atoms in total. The summed E-state index contributed by atoms with van der Waals surface area (Å²) in [6.45, 7) is 9.93. The van der Waals surface area contributed by atoms with Crippen LogP contribution in [0.2, 0.25) is 0 Å². The molecule has 1 fully saturated rings. The number of carbonyl (C=O) groups excluding carboxylic acids is 1. The minimum atomic E-state index is 0.218. The number of rotatable bonds is 9. The second-order valence-corrected chi connectivity index (χ2v) is 6.69. The fourth-order valence-electron chi connectivity index (χ4n) is 3.21. The molecule has 1 saturated heterocycles. The highest BCUT2D eigenvalue weighted by atomic mass is 16.5. The zero-order valence-corrected chi connectivity index (χ0v) is 16.4. The van der Waals surface area contributed by atoms with Gasteiger partial charge >= 0.3 is 0 Å². The van der Waals surface area contributed by atoms with Gasteiger partial charge in [0.1, 0.15) is 6.54 Å². The summed E-state index contributed by atoms with van der Waals surface area (Å²) in [4.78, 5) is 18.6. The molecule has 26 heavy (non-hydrogen) atoms. The van der Waals surface area contributed by atoms with Gasteiger partial charge in [-0.25, -0.2) is 4.99 Å². The summed E-state index contributed by atoms with van der Waals surface area (Å²) < 4.78 is 5.41. The lowest BCUT2D eigenvalue weighted by Gasteiger charge is -2.16. The first kappa shape index (κ1) is 20.3. The first-order valence-corrected chi connectivity index (χ1v) is 9.93. The molecule has 1 aromatic rings. The Balaban J connectivity index is 1.82. The van der Waals surface area contributed by atoms with Crippen LogP contribution in [0.5, 0.6) is 0 Å². The predicted molar refractivity (Wildman–Crippen MR) is 103 cm³/mol. The van der Waals surface area contributed by atoms with E-state index >= 15 is 0 Å². The molecule has 7 heteroatoms. The SMILES string of the molecule is CCNC(=NCc1cc(C(CC)CC)no1)NCCC(=O)N1CCCC1. The summed E-state index contributed by atoms with van der Waals surface area (Å²) in [5.74, 6) is 2.12. The Hall–Kier alpha value is -2.05. The fourth-order valence-corrected chi connectivity index (χ4v) is 3.21. The second-order valence-electron chi connectivity index (χ2n) is 6.69. The summed E-state index contributed by atoms with van der Waals surface area (Å²) in [7, 11) is 0. The van der Waals surface area contributed by atoms with Crippen LogP contribution in [0.3, 0.4) is 0 Å². The van der Waals surface area contributed by atoms with Crippen molar-refractivity contribution in [1.82, 2.24) is 20.7 Å². The van der Waals surface area contributed by atoms with Crippen LogP contribution >= 0.6 is 0 Å². The van der Waals surface area contributed by atoms with Gasteiger partial charge in [-0.1, -0.05) is 19.0 Å². The van der Waals surface area contributed by atoms with Gasteiger partial charge in [0.2, 0.25) is 5.91 Å². The van der Waals surface area contributed by atoms with Crippen LogP contribution in [0, 0.1) is 0 Å². The molecule has 0 atom stereocenters. The van der Waals surface area contributed by atoms with Crippen molar-refractivity contribution in [3.05, 3.63) is 17.5 Å². The van der Waals surface area contributed by atoms with Crippen molar-refractivity contribution in [1.29, 1.82) is 0 Å². The second kappa shape index (κ2) is 10.8. The number of carbonyl (C=O) groups is 1. The van der Waals surface area contributed by atoms with E-state index in [1.807, 2.05) is 17.9 Å². The number of hydrogen-bond acceptors (Lipinski definition) is 4. The van der Waals surface area contributed by atoms with Crippen molar-refractivity contribution in [3.8, 4) is 0 Å². The number of guanidine groups is 1. The maximum Gasteiger partial charge on any atom is 0.224 e. The van der Waals surface area contributed by atoms with E-state index in [2.05, 4.69) is 34.6 Å². The monoisotopic (exact) mass is 363 g/mol. The van der Waals surface area contributed by atoms with Crippen molar-refractivity contribution in [2.75, 3.05) is 26.2 Å². The molecule has 1 aromatic heterocycles. The first-order chi connectivity index (χ1) is 12.7. The topological polar surface area (TPSA) is 82.8 Å². The lowest BCUT2D eigenvalue weighted by Crippen LogP contribution is -2.39. The van der Waals surface area contributed by atoms with Gasteiger partial charge in [-0.05, 0) is 32.6 Å². The van der Waals surface area contributed by atoms with Gasteiger partial charge in [0.05, 0.1) is 5.69 Å². The molecule has 0 bridgehead atoms. The molecule has 0 radical (unpaired) electrons. The van der Waals surface area contributed by atoms with Gasteiger partial charge in [0.25, 0.3) is 0 Å². The van der Waals surface area contributed by atoms with Crippen LogP contribution in [0.4, 0.5) is 0 Å². The van der Waals surface area contributed by atoms with Gasteiger partial charge in [0.15, 0.2) is 11.7 Å². The maximum atomic E-state index is 12.1. The van der Waals surface area contributed by atoms with E-state index in [1.165, 1.54) is 0 Å². The fraction of sp³-hybridized carbons (Fsp3) is 0.737. The van der Waals surface area contributed by atoms with E-state index in [1.54, 1.807) is 0 Å². The zero-order chi connectivity index (χ0) is 18.8. The molecule has 1 aliphatic rings. The third kappa shape index (κ3) is 6.04. The highest BCUT2D eigenvalue weighted by Crippen LogP contribution is 2.22. The molecular weight excluding hydrogens is 330 g/mol.